The van der Waals surface area contributed by atoms with Crippen LogP contribution in [0, 0.1) is 12.3 Å². The number of ether oxygens (including phenoxy) is 2. The minimum atomic E-state index is -0.673. The van der Waals surface area contributed by atoms with Crippen LogP contribution >= 0.6 is 0 Å². The number of carbonyl (C=O) groups excluding carboxylic acids is 1. The van der Waals surface area contributed by atoms with Crippen molar-refractivity contribution in [1.29, 1.82) is 5.41 Å². The lowest BCUT2D eigenvalue weighted by Crippen LogP contribution is -2.41. The second-order valence-corrected chi connectivity index (χ2v) is 7.00. The molecule has 0 radical (unpaired) electrons. The van der Waals surface area contributed by atoms with Gasteiger partial charge in [-0.3, -0.25) is 10.2 Å². The number of benzene rings is 2. The molecule has 142 valence electrons. The monoisotopic (exact) mass is 366 g/mol. The molecular weight excluding hydrogens is 340 g/mol. The Kier molecular flexibility index (Phi) is 5.79. The predicted molar refractivity (Wildman–Crippen MR) is 106 cm³/mol. The summed E-state index contributed by atoms with van der Waals surface area (Å²) in [5.41, 5.74) is 8.75. The summed E-state index contributed by atoms with van der Waals surface area (Å²) in [6.45, 7) is 4.27. The van der Waals surface area contributed by atoms with E-state index in [0.717, 1.165) is 18.4 Å². The first-order valence-electron chi connectivity index (χ1n) is 9.41. The Bertz CT molecular complexity index is 843. The summed E-state index contributed by atoms with van der Waals surface area (Å²) < 4.78 is 11.5. The molecule has 1 unspecified atom stereocenters. The van der Waals surface area contributed by atoms with Crippen LogP contribution in [0.15, 0.2) is 36.4 Å². The van der Waals surface area contributed by atoms with Gasteiger partial charge in [-0.05, 0) is 43.0 Å². The Morgan fingerprint density at radius 3 is 2.63 bits per heavy atom. The number of nitrogens with one attached hydrogen (secondary N) is 1. The summed E-state index contributed by atoms with van der Waals surface area (Å²) in [4.78, 5) is 13.1. The van der Waals surface area contributed by atoms with E-state index in [2.05, 4.69) is 6.92 Å². The van der Waals surface area contributed by atoms with E-state index < -0.39 is 6.10 Å². The van der Waals surface area contributed by atoms with E-state index in [4.69, 9.17) is 20.6 Å². The molecule has 0 aromatic heterocycles. The highest BCUT2D eigenvalue weighted by Crippen LogP contribution is 2.37. The summed E-state index contributed by atoms with van der Waals surface area (Å²) in [7, 11) is 0. The first-order valence-corrected chi connectivity index (χ1v) is 9.41. The average molecular weight is 366 g/mol. The zero-order valence-electron chi connectivity index (χ0n) is 15.9. The van der Waals surface area contributed by atoms with Crippen LogP contribution in [-0.2, 0) is 6.42 Å². The van der Waals surface area contributed by atoms with E-state index in [9.17, 15) is 4.79 Å². The molecule has 5 heteroatoms. The smallest absolute Gasteiger partial charge is 0.196 e. The van der Waals surface area contributed by atoms with Crippen LogP contribution in [0.3, 0.4) is 0 Å². The summed E-state index contributed by atoms with van der Waals surface area (Å²) >= 11 is 0. The van der Waals surface area contributed by atoms with Crippen LogP contribution in [0.25, 0.3) is 0 Å². The Morgan fingerprint density at radius 2 is 1.96 bits per heavy atom. The quantitative estimate of drug-likeness (QED) is 0.335. The largest absolute Gasteiger partial charge is 0.485 e. The van der Waals surface area contributed by atoms with E-state index in [1.54, 1.807) is 6.07 Å². The molecular formula is C22H26N2O3. The summed E-state index contributed by atoms with van der Waals surface area (Å²) in [6, 6.07) is 11.4. The number of aryl methyl sites for hydroxylation is 2. The van der Waals surface area contributed by atoms with Crippen molar-refractivity contribution in [2.75, 3.05) is 6.61 Å². The van der Waals surface area contributed by atoms with Gasteiger partial charge in [-0.2, -0.15) is 0 Å². The van der Waals surface area contributed by atoms with Crippen LogP contribution in [0.2, 0.25) is 0 Å². The molecule has 0 saturated carbocycles. The molecule has 1 aliphatic heterocycles. The molecule has 0 saturated heterocycles. The fourth-order valence-corrected chi connectivity index (χ4v) is 3.19. The maximum absolute atomic E-state index is 13.1. The Labute approximate surface area is 160 Å². The van der Waals surface area contributed by atoms with Crippen molar-refractivity contribution in [2.24, 2.45) is 5.73 Å². The van der Waals surface area contributed by atoms with E-state index >= 15 is 0 Å². The van der Waals surface area contributed by atoms with Crippen LogP contribution < -0.4 is 15.2 Å². The normalized spacial score (nSPS) is 15.4. The number of unbranched alkanes of at least 4 members (excludes halogenated alkanes) is 2. The van der Waals surface area contributed by atoms with Crippen LogP contribution in [-0.4, -0.2) is 24.3 Å². The second-order valence-electron chi connectivity index (χ2n) is 7.00. The Hall–Kier alpha value is -2.82. The third-order valence-corrected chi connectivity index (χ3v) is 4.73. The fourth-order valence-electron chi connectivity index (χ4n) is 3.19. The summed E-state index contributed by atoms with van der Waals surface area (Å²) in [6.07, 6.45) is 3.92. The SMILES string of the molecule is CCCCCc1ccc(C(=O)c2cc(C)cc3c2OC(C(=N)N)CO3)cc1. The minimum absolute atomic E-state index is 0.115. The number of nitrogens with two attached hydrogens (primary N) is 1. The van der Waals surface area contributed by atoms with Gasteiger partial charge in [0.05, 0.1) is 5.56 Å². The van der Waals surface area contributed by atoms with Gasteiger partial charge in [0.25, 0.3) is 0 Å². The highest BCUT2D eigenvalue weighted by atomic mass is 16.6. The number of carbonyl (C=O) groups is 1. The maximum atomic E-state index is 13.1. The zero-order valence-corrected chi connectivity index (χ0v) is 15.9. The lowest BCUT2D eigenvalue weighted by atomic mass is 9.97. The Balaban J connectivity index is 1.86. The van der Waals surface area contributed by atoms with E-state index in [0.29, 0.717) is 22.6 Å². The van der Waals surface area contributed by atoms with Crippen molar-refractivity contribution in [3.63, 3.8) is 0 Å². The molecule has 0 bridgehead atoms. The molecule has 27 heavy (non-hydrogen) atoms. The minimum Gasteiger partial charge on any atom is -0.485 e. The Morgan fingerprint density at radius 1 is 1.22 bits per heavy atom. The van der Waals surface area contributed by atoms with E-state index in [-0.39, 0.29) is 18.2 Å². The molecule has 1 atom stereocenters. The number of hydrogen-bond donors (Lipinski definition) is 2. The zero-order chi connectivity index (χ0) is 19.4. The molecule has 0 fully saturated rings. The first kappa shape index (κ1) is 19.0. The lowest BCUT2D eigenvalue weighted by molar-refractivity contribution is 0.101. The van der Waals surface area contributed by atoms with Gasteiger partial charge < -0.3 is 15.2 Å². The van der Waals surface area contributed by atoms with E-state index in [1.165, 1.54) is 18.4 Å². The number of fused-ring (bicyclic) bond motifs is 1. The van der Waals surface area contributed by atoms with Gasteiger partial charge >= 0.3 is 0 Å². The number of rotatable bonds is 7. The summed E-state index contributed by atoms with van der Waals surface area (Å²) in [5, 5.41) is 7.60. The third-order valence-electron chi connectivity index (χ3n) is 4.73. The van der Waals surface area contributed by atoms with Crippen LogP contribution in [0.4, 0.5) is 0 Å². The molecule has 3 rings (SSSR count). The van der Waals surface area contributed by atoms with Gasteiger partial charge in [-0.15, -0.1) is 0 Å². The van der Waals surface area contributed by atoms with Gasteiger partial charge in [0.1, 0.15) is 12.4 Å². The van der Waals surface area contributed by atoms with Crippen LogP contribution in [0.1, 0.15) is 53.2 Å². The van der Waals surface area contributed by atoms with Crippen molar-refractivity contribution in [2.45, 2.75) is 45.6 Å². The summed E-state index contributed by atoms with van der Waals surface area (Å²) in [5.74, 6) is 0.648. The molecule has 2 aromatic rings. The van der Waals surface area contributed by atoms with Crippen molar-refractivity contribution < 1.29 is 14.3 Å². The van der Waals surface area contributed by atoms with Crippen molar-refractivity contribution in [3.8, 4) is 11.5 Å². The third kappa shape index (κ3) is 4.30. The molecule has 3 N–H and O–H groups in total. The molecule has 0 aliphatic carbocycles. The second kappa shape index (κ2) is 8.25. The van der Waals surface area contributed by atoms with Crippen molar-refractivity contribution in [3.05, 3.63) is 58.7 Å². The van der Waals surface area contributed by atoms with E-state index in [1.807, 2.05) is 37.3 Å². The highest BCUT2D eigenvalue weighted by molar-refractivity contribution is 6.11. The lowest BCUT2D eigenvalue weighted by Gasteiger charge is -2.27. The average Bonchev–Trinajstić information content (AvgIpc) is 2.67. The molecule has 0 amide bonds. The molecule has 2 aromatic carbocycles. The molecule has 0 spiro atoms. The van der Waals surface area contributed by atoms with Gasteiger partial charge in [0, 0.05) is 5.56 Å². The molecule has 1 aliphatic rings. The topological polar surface area (TPSA) is 85.4 Å². The number of ketones is 1. The van der Waals surface area contributed by atoms with Crippen LogP contribution in [0.5, 0.6) is 11.5 Å². The number of hydrogen-bond acceptors (Lipinski definition) is 4. The fraction of sp³-hybridized carbons (Fsp3) is 0.364. The molecule has 1 heterocycles. The maximum Gasteiger partial charge on any atom is 0.196 e. The molecule has 5 nitrogen and oxygen atoms in total. The first-order chi connectivity index (χ1) is 13.0. The highest BCUT2D eigenvalue weighted by Gasteiger charge is 2.28. The predicted octanol–water partition coefficient (Wildman–Crippen LogP) is 4.03. The van der Waals surface area contributed by atoms with Gasteiger partial charge in [0.2, 0.25) is 0 Å². The van der Waals surface area contributed by atoms with Crippen molar-refractivity contribution >= 4 is 11.6 Å². The standard InChI is InChI=1S/C22H26N2O3/c1-3-4-5-6-15-7-9-16(10-8-15)20(25)17-11-14(2)12-18-21(17)27-19(13-26-18)22(23)24/h7-12,19H,3-6,13H2,1-2H3,(H3,23,24). The van der Waals surface area contributed by atoms with Gasteiger partial charge in [-0.25, -0.2) is 0 Å². The van der Waals surface area contributed by atoms with Gasteiger partial charge in [0.15, 0.2) is 23.4 Å². The van der Waals surface area contributed by atoms with Crippen molar-refractivity contribution in [1.82, 2.24) is 0 Å². The van der Waals surface area contributed by atoms with Gasteiger partial charge in [-0.1, -0.05) is 44.0 Å². The number of amidine groups is 1.